The van der Waals surface area contributed by atoms with Crippen molar-refractivity contribution in [3.05, 3.63) is 45.7 Å². The van der Waals surface area contributed by atoms with E-state index in [4.69, 9.17) is 0 Å². The van der Waals surface area contributed by atoms with Gasteiger partial charge in [0.2, 0.25) is 5.78 Å². The van der Waals surface area contributed by atoms with E-state index < -0.39 is 0 Å². The molecular weight excluding hydrogens is 270 g/mol. The summed E-state index contributed by atoms with van der Waals surface area (Å²) >= 11 is 3.37. The molecular formula is C11H10BrN3O. The summed E-state index contributed by atoms with van der Waals surface area (Å²) in [6.07, 6.45) is 1.48. The average molecular weight is 280 g/mol. The molecule has 0 radical (unpaired) electrons. The number of ketones is 1. The minimum absolute atomic E-state index is 0.0579. The number of benzene rings is 1. The number of halogens is 1. The van der Waals surface area contributed by atoms with Gasteiger partial charge in [-0.25, -0.2) is 4.68 Å². The van der Waals surface area contributed by atoms with Gasteiger partial charge < -0.3 is 0 Å². The Bertz CT molecular complexity index is 548. The van der Waals surface area contributed by atoms with Crippen LogP contribution in [0.3, 0.4) is 0 Å². The molecule has 0 spiro atoms. The molecule has 16 heavy (non-hydrogen) atoms. The van der Waals surface area contributed by atoms with Crippen molar-refractivity contribution in [2.75, 3.05) is 0 Å². The van der Waals surface area contributed by atoms with Gasteiger partial charge in [0.05, 0.1) is 6.20 Å². The van der Waals surface area contributed by atoms with Crippen molar-refractivity contribution in [2.45, 2.75) is 6.92 Å². The third-order valence-electron chi connectivity index (χ3n) is 2.38. The maximum Gasteiger partial charge on any atom is 0.212 e. The first-order chi connectivity index (χ1) is 7.59. The Morgan fingerprint density at radius 1 is 1.44 bits per heavy atom. The highest BCUT2D eigenvalue weighted by Crippen LogP contribution is 2.18. The van der Waals surface area contributed by atoms with E-state index in [0.29, 0.717) is 11.3 Å². The monoisotopic (exact) mass is 279 g/mol. The quantitative estimate of drug-likeness (QED) is 0.792. The highest BCUT2D eigenvalue weighted by molar-refractivity contribution is 9.10. The van der Waals surface area contributed by atoms with Crippen LogP contribution >= 0.6 is 15.9 Å². The standard InChI is InChI=1S/C11H10BrN3O/c1-7-5-8(12)3-4-9(7)11(16)10-6-13-14-15(10)2/h3-6H,1-2H3. The molecule has 1 aromatic heterocycles. The number of hydrogen-bond donors (Lipinski definition) is 0. The third kappa shape index (κ3) is 1.90. The van der Waals surface area contributed by atoms with Gasteiger partial charge in [-0.15, -0.1) is 5.10 Å². The van der Waals surface area contributed by atoms with Crippen molar-refractivity contribution < 1.29 is 4.79 Å². The molecule has 1 aromatic carbocycles. The van der Waals surface area contributed by atoms with Crippen molar-refractivity contribution >= 4 is 21.7 Å². The maximum absolute atomic E-state index is 12.1. The fraction of sp³-hybridized carbons (Fsp3) is 0.182. The smallest absolute Gasteiger partial charge is 0.212 e. The summed E-state index contributed by atoms with van der Waals surface area (Å²) in [4.78, 5) is 12.1. The number of aromatic nitrogens is 3. The van der Waals surface area contributed by atoms with Crippen LogP contribution in [0.4, 0.5) is 0 Å². The van der Waals surface area contributed by atoms with Crippen LogP contribution in [0.15, 0.2) is 28.9 Å². The van der Waals surface area contributed by atoms with Crippen molar-refractivity contribution in [3.8, 4) is 0 Å². The number of nitrogens with zero attached hydrogens (tertiary/aromatic N) is 3. The van der Waals surface area contributed by atoms with Crippen LogP contribution < -0.4 is 0 Å². The molecule has 0 atom stereocenters. The fourth-order valence-electron chi connectivity index (χ4n) is 1.52. The largest absolute Gasteiger partial charge is 0.287 e. The van der Waals surface area contributed by atoms with Crippen LogP contribution in [0.5, 0.6) is 0 Å². The first kappa shape index (κ1) is 11.0. The SMILES string of the molecule is Cc1cc(Br)ccc1C(=O)c1cnnn1C. The zero-order valence-corrected chi connectivity index (χ0v) is 10.5. The average Bonchev–Trinajstić information content (AvgIpc) is 2.63. The van der Waals surface area contributed by atoms with E-state index >= 15 is 0 Å². The molecule has 82 valence electrons. The summed E-state index contributed by atoms with van der Waals surface area (Å²) in [6, 6.07) is 5.57. The predicted octanol–water partition coefficient (Wildman–Crippen LogP) is 2.12. The summed E-state index contributed by atoms with van der Waals surface area (Å²) in [5.74, 6) is -0.0579. The van der Waals surface area contributed by atoms with E-state index in [2.05, 4.69) is 26.2 Å². The topological polar surface area (TPSA) is 47.8 Å². The Kier molecular flexibility index (Phi) is 2.87. The van der Waals surface area contributed by atoms with Gasteiger partial charge in [0.25, 0.3) is 0 Å². The molecule has 5 heteroatoms. The normalized spacial score (nSPS) is 10.4. The van der Waals surface area contributed by atoms with Crippen LogP contribution in [-0.4, -0.2) is 20.8 Å². The van der Waals surface area contributed by atoms with Crippen LogP contribution in [0.25, 0.3) is 0 Å². The molecule has 4 nitrogen and oxygen atoms in total. The van der Waals surface area contributed by atoms with E-state index in [1.807, 2.05) is 19.1 Å². The lowest BCUT2D eigenvalue weighted by molar-refractivity contribution is 0.102. The number of carbonyl (C=O) groups is 1. The molecule has 0 aliphatic rings. The van der Waals surface area contributed by atoms with Gasteiger partial charge >= 0.3 is 0 Å². The molecule has 0 saturated carbocycles. The molecule has 0 aliphatic heterocycles. The molecule has 1 heterocycles. The number of hydrogen-bond acceptors (Lipinski definition) is 3. The van der Waals surface area contributed by atoms with E-state index in [1.165, 1.54) is 10.9 Å². The van der Waals surface area contributed by atoms with Gasteiger partial charge in [0, 0.05) is 17.1 Å². The summed E-state index contributed by atoms with van der Waals surface area (Å²) in [5, 5.41) is 7.45. The number of rotatable bonds is 2. The molecule has 2 rings (SSSR count). The Balaban J connectivity index is 2.46. The fourth-order valence-corrected chi connectivity index (χ4v) is 1.99. The molecule has 0 saturated heterocycles. The lowest BCUT2D eigenvalue weighted by atomic mass is 10.0. The van der Waals surface area contributed by atoms with E-state index in [1.54, 1.807) is 13.1 Å². The number of carbonyl (C=O) groups excluding carboxylic acids is 1. The van der Waals surface area contributed by atoms with Gasteiger partial charge in [-0.05, 0) is 30.7 Å². The first-order valence-corrected chi connectivity index (χ1v) is 5.54. The van der Waals surface area contributed by atoms with Crippen molar-refractivity contribution in [1.82, 2.24) is 15.0 Å². The molecule has 0 aliphatic carbocycles. The molecule has 0 fully saturated rings. The predicted molar refractivity (Wildman–Crippen MR) is 63.3 cm³/mol. The van der Waals surface area contributed by atoms with Gasteiger partial charge in [-0.2, -0.15) is 0 Å². The second-order valence-electron chi connectivity index (χ2n) is 3.53. The Labute approximate surface area is 101 Å². The highest BCUT2D eigenvalue weighted by atomic mass is 79.9. The van der Waals surface area contributed by atoms with Gasteiger partial charge in [-0.3, -0.25) is 4.79 Å². The summed E-state index contributed by atoms with van der Waals surface area (Å²) in [5.41, 5.74) is 2.10. The van der Waals surface area contributed by atoms with Gasteiger partial charge in [0.15, 0.2) is 0 Å². The Morgan fingerprint density at radius 3 is 2.75 bits per heavy atom. The van der Waals surface area contributed by atoms with Crippen LogP contribution in [-0.2, 0) is 7.05 Å². The molecule has 2 aromatic rings. The van der Waals surface area contributed by atoms with Crippen molar-refractivity contribution in [1.29, 1.82) is 0 Å². The lowest BCUT2D eigenvalue weighted by Crippen LogP contribution is -2.09. The maximum atomic E-state index is 12.1. The summed E-state index contributed by atoms with van der Waals surface area (Å²) < 4.78 is 2.44. The molecule has 0 amide bonds. The zero-order chi connectivity index (χ0) is 11.7. The van der Waals surface area contributed by atoms with Gasteiger partial charge in [-0.1, -0.05) is 21.1 Å². The molecule has 0 N–H and O–H groups in total. The second-order valence-corrected chi connectivity index (χ2v) is 4.45. The minimum atomic E-state index is -0.0579. The first-order valence-electron chi connectivity index (χ1n) is 4.75. The summed E-state index contributed by atoms with van der Waals surface area (Å²) in [6.45, 7) is 1.90. The van der Waals surface area contributed by atoms with Crippen LogP contribution in [0, 0.1) is 6.92 Å². The van der Waals surface area contributed by atoms with E-state index in [-0.39, 0.29) is 5.78 Å². The van der Waals surface area contributed by atoms with Crippen molar-refractivity contribution in [3.63, 3.8) is 0 Å². The third-order valence-corrected chi connectivity index (χ3v) is 2.87. The highest BCUT2D eigenvalue weighted by Gasteiger charge is 2.15. The lowest BCUT2D eigenvalue weighted by Gasteiger charge is -2.04. The van der Waals surface area contributed by atoms with Gasteiger partial charge in [0.1, 0.15) is 5.69 Å². The summed E-state index contributed by atoms with van der Waals surface area (Å²) in [7, 11) is 1.70. The number of aryl methyl sites for hydroxylation is 2. The van der Waals surface area contributed by atoms with Crippen LogP contribution in [0.2, 0.25) is 0 Å². The van der Waals surface area contributed by atoms with Crippen molar-refractivity contribution in [2.24, 2.45) is 7.05 Å². The second kappa shape index (κ2) is 4.17. The van der Waals surface area contributed by atoms with E-state index in [9.17, 15) is 4.79 Å². The molecule has 0 unspecified atom stereocenters. The molecule has 0 bridgehead atoms. The Hall–Kier alpha value is -1.49. The zero-order valence-electron chi connectivity index (χ0n) is 8.94. The Morgan fingerprint density at radius 2 is 2.19 bits per heavy atom. The minimum Gasteiger partial charge on any atom is -0.287 e. The van der Waals surface area contributed by atoms with E-state index in [0.717, 1.165) is 10.0 Å². The van der Waals surface area contributed by atoms with Crippen LogP contribution in [0.1, 0.15) is 21.6 Å².